The molecule has 0 atom stereocenters. The predicted molar refractivity (Wildman–Crippen MR) is 104 cm³/mol. The van der Waals surface area contributed by atoms with E-state index in [-0.39, 0.29) is 17.2 Å². The van der Waals surface area contributed by atoms with Crippen molar-refractivity contribution >= 4 is 29.2 Å². The molecule has 0 radical (unpaired) electrons. The lowest BCUT2D eigenvalue weighted by Gasteiger charge is -2.24. The maximum atomic E-state index is 12.5. The molecule has 1 aromatic carbocycles. The van der Waals surface area contributed by atoms with Crippen molar-refractivity contribution in [2.24, 2.45) is 0 Å². The Bertz CT molecular complexity index is 869. The Morgan fingerprint density at radius 2 is 1.75 bits per heavy atom. The van der Waals surface area contributed by atoms with E-state index >= 15 is 0 Å². The van der Waals surface area contributed by atoms with E-state index in [2.05, 4.69) is 5.32 Å². The number of amides is 1. The number of ether oxygens (including phenoxy) is 3. The largest absolute Gasteiger partial charge is 0.495 e. The molecule has 0 aliphatic carbocycles. The van der Waals surface area contributed by atoms with Crippen LogP contribution in [0.4, 0.5) is 11.4 Å². The number of anilines is 2. The zero-order valence-electron chi connectivity index (χ0n) is 16.1. The van der Waals surface area contributed by atoms with E-state index in [1.807, 2.05) is 0 Å². The van der Waals surface area contributed by atoms with E-state index in [0.29, 0.717) is 23.5 Å². The average Bonchev–Trinajstić information content (AvgIpc) is 2.95. The van der Waals surface area contributed by atoms with Crippen molar-refractivity contribution in [3.8, 4) is 5.75 Å². The monoisotopic (exact) mass is 386 g/mol. The number of allylic oxidation sites excluding steroid dienone is 2. The molecule has 1 N–H and O–H groups in total. The topological polar surface area (TPSA) is 94.2 Å². The van der Waals surface area contributed by atoms with Gasteiger partial charge < -0.3 is 24.4 Å². The van der Waals surface area contributed by atoms with Gasteiger partial charge in [-0.15, -0.1) is 0 Å². The van der Waals surface area contributed by atoms with E-state index in [1.54, 1.807) is 43.5 Å². The summed E-state index contributed by atoms with van der Waals surface area (Å²) in [7, 11) is 3.94. The number of carbonyl (C=O) groups is 3. The lowest BCUT2D eigenvalue weighted by molar-refractivity contribution is -0.139. The summed E-state index contributed by atoms with van der Waals surface area (Å²) in [5.74, 6) is -1.13. The minimum absolute atomic E-state index is 0.0164. The molecule has 1 heterocycles. The van der Waals surface area contributed by atoms with Gasteiger partial charge in [-0.1, -0.05) is 13.0 Å². The van der Waals surface area contributed by atoms with Gasteiger partial charge in [-0.05, 0) is 30.4 Å². The molecule has 28 heavy (non-hydrogen) atoms. The number of rotatable bonds is 6. The van der Waals surface area contributed by atoms with Crippen LogP contribution in [-0.4, -0.2) is 39.2 Å². The van der Waals surface area contributed by atoms with Gasteiger partial charge in [0.2, 0.25) is 5.91 Å². The molecule has 0 saturated carbocycles. The molecule has 0 unspecified atom stereocenters. The van der Waals surface area contributed by atoms with Crippen LogP contribution in [0, 0.1) is 0 Å². The molecule has 1 aliphatic heterocycles. The highest BCUT2D eigenvalue weighted by atomic mass is 16.5. The summed E-state index contributed by atoms with van der Waals surface area (Å²) in [6.45, 7) is 1.73. The van der Waals surface area contributed by atoms with Crippen LogP contribution in [0.3, 0.4) is 0 Å². The molecule has 2 rings (SSSR count). The van der Waals surface area contributed by atoms with Crippen molar-refractivity contribution in [2.75, 3.05) is 31.5 Å². The van der Waals surface area contributed by atoms with Crippen molar-refractivity contribution in [2.45, 2.75) is 13.3 Å². The molecule has 0 spiro atoms. The zero-order chi connectivity index (χ0) is 20.7. The number of carbonyl (C=O) groups excluding carboxylic acids is 3. The zero-order valence-corrected chi connectivity index (χ0v) is 16.1. The lowest BCUT2D eigenvalue weighted by Crippen LogP contribution is -2.27. The Morgan fingerprint density at radius 1 is 1.04 bits per heavy atom. The SMILES string of the molecule is CCC(=O)Nc1cc(N2C=CC=CC(C(=O)OC)=C2C(=O)OC)ccc1OC. The Kier molecular flexibility index (Phi) is 6.97. The normalized spacial score (nSPS) is 13.1. The van der Waals surface area contributed by atoms with Gasteiger partial charge in [0, 0.05) is 18.3 Å². The van der Waals surface area contributed by atoms with E-state index in [9.17, 15) is 14.4 Å². The molecular formula is C20H22N2O6. The van der Waals surface area contributed by atoms with Gasteiger partial charge >= 0.3 is 11.9 Å². The summed E-state index contributed by atoms with van der Waals surface area (Å²) in [4.78, 5) is 38.0. The quantitative estimate of drug-likeness (QED) is 0.751. The number of hydrogen-bond donors (Lipinski definition) is 1. The Hall–Kier alpha value is -3.55. The third-order valence-corrected chi connectivity index (χ3v) is 3.95. The van der Waals surface area contributed by atoms with E-state index in [4.69, 9.17) is 14.2 Å². The highest BCUT2D eigenvalue weighted by Crippen LogP contribution is 2.33. The van der Waals surface area contributed by atoms with Crippen molar-refractivity contribution < 1.29 is 28.6 Å². The minimum Gasteiger partial charge on any atom is -0.495 e. The first-order valence-electron chi connectivity index (χ1n) is 8.49. The Labute approximate surface area is 163 Å². The highest BCUT2D eigenvalue weighted by Gasteiger charge is 2.27. The molecule has 1 aromatic rings. The third-order valence-electron chi connectivity index (χ3n) is 3.95. The summed E-state index contributed by atoms with van der Waals surface area (Å²) in [6, 6.07) is 4.98. The van der Waals surface area contributed by atoms with Crippen LogP contribution in [0.15, 0.2) is 53.9 Å². The first kappa shape index (κ1) is 20.8. The van der Waals surface area contributed by atoms with E-state index in [0.717, 1.165) is 0 Å². The van der Waals surface area contributed by atoms with Gasteiger partial charge in [0.1, 0.15) is 11.4 Å². The maximum Gasteiger partial charge on any atom is 0.355 e. The summed E-state index contributed by atoms with van der Waals surface area (Å²) in [5, 5.41) is 2.76. The number of esters is 2. The molecule has 0 saturated heterocycles. The van der Waals surface area contributed by atoms with Gasteiger partial charge in [-0.3, -0.25) is 4.79 Å². The van der Waals surface area contributed by atoms with E-state index < -0.39 is 11.9 Å². The van der Waals surface area contributed by atoms with Crippen molar-refractivity contribution in [1.29, 1.82) is 0 Å². The predicted octanol–water partition coefficient (Wildman–Crippen LogP) is 2.53. The molecular weight excluding hydrogens is 364 g/mol. The second-order valence-electron chi connectivity index (χ2n) is 5.60. The second kappa shape index (κ2) is 9.40. The fourth-order valence-electron chi connectivity index (χ4n) is 2.55. The standard InChI is InChI=1S/C20H22N2O6/c1-5-17(23)21-15-12-13(9-10-16(15)26-2)22-11-7-6-8-14(19(24)27-3)18(22)20(25)28-4/h6-12H,5H2,1-4H3,(H,21,23). The molecule has 8 nitrogen and oxygen atoms in total. The molecule has 0 aromatic heterocycles. The van der Waals surface area contributed by atoms with Gasteiger partial charge in [-0.25, -0.2) is 9.59 Å². The summed E-state index contributed by atoms with van der Waals surface area (Å²) < 4.78 is 15.0. The highest BCUT2D eigenvalue weighted by molar-refractivity contribution is 6.05. The number of benzene rings is 1. The van der Waals surface area contributed by atoms with Crippen molar-refractivity contribution in [1.82, 2.24) is 0 Å². The first-order chi connectivity index (χ1) is 13.5. The molecule has 1 amide bonds. The van der Waals surface area contributed by atoms with Crippen LogP contribution in [-0.2, 0) is 23.9 Å². The van der Waals surface area contributed by atoms with E-state index in [1.165, 1.54) is 32.3 Å². The Balaban J connectivity index is 2.62. The number of hydrogen-bond acceptors (Lipinski definition) is 7. The van der Waals surface area contributed by atoms with Crippen LogP contribution in [0.1, 0.15) is 13.3 Å². The first-order valence-corrected chi connectivity index (χ1v) is 8.49. The number of nitrogens with one attached hydrogen (secondary N) is 1. The molecule has 1 aliphatic rings. The molecule has 0 bridgehead atoms. The summed E-state index contributed by atoms with van der Waals surface area (Å²) >= 11 is 0. The lowest BCUT2D eigenvalue weighted by atomic mass is 10.1. The molecule has 8 heteroatoms. The maximum absolute atomic E-state index is 12.5. The average molecular weight is 386 g/mol. The fourth-order valence-corrected chi connectivity index (χ4v) is 2.55. The number of nitrogens with zero attached hydrogens (tertiary/aromatic N) is 1. The van der Waals surface area contributed by atoms with Crippen LogP contribution in [0.25, 0.3) is 0 Å². The summed E-state index contributed by atoms with van der Waals surface area (Å²) in [5.41, 5.74) is 0.960. The Morgan fingerprint density at radius 3 is 2.36 bits per heavy atom. The molecule has 148 valence electrons. The van der Waals surface area contributed by atoms with Gasteiger partial charge in [-0.2, -0.15) is 0 Å². The smallest absolute Gasteiger partial charge is 0.355 e. The van der Waals surface area contributed by atoms with Gasteiger partial charge in [0.05, 0.1) is 32.6 Å². The van der Waals surface area contributed by atoms with Crippen LogP contribution in [0.5, 0.6) is 5.75 Å². The van der Waals surface area contributed by atoms with Crippen molar-refractivity contribution in [3.63, 3.8) is 0 Å². The fraction of sp³-hybridized carbons (Fsp3) is 0.250. The molecule has 0 fully saturated rings. The number of methoxy groups -OCH3 is 3. The minimum atomic E-state index is -0.716. The van der Waals surface area contributed by atoms with Crippen LogP contribution in [0.2, 0.25) is 0 Å². The van der Waals surface area contributed by atoms with Crippen molar-refractivity contribution in [3.05, 3.63) is 53.9 Å². The summed E-state index contributed by atoms with van der Waals surface area (Å²) in [6.07, 6.45) is 6.64. The van der Waals surface area contributed by atoms with Crippen LogP contribution < -0.4 is 15.0 Å². The van der Waals surface area contributed by atoms with Gasteiger partial charge in [0.25, 0.3) is 0 Å². The second-order valence-corrected chi connectivity index (χ2v) is 5.60. The third kappa shape index (κ3) is 4.40. The van der Waals surface area contributed by atoms with Crippen LogP contribution >= 0.6 is 0 Å². The van der Waals surface area contributed by atoms with Gasteiger partial charge in [0.15, 0.2) is 0 Å².